The van der Waals surface area contributed by atoms with Crippen LogP contribution < -0.4 is 10.1 Å². The van der Waals surface area contributed by atoms with Crippen molar-refractivity contribution in [1.82, 2.24) is 15.1 Å². The van der Waals surface area contributed by atoms with Gasteiger partial charge in [0.25, 0.3) is 0 Å². The summed E-state index contributed by atoms with van der Waals surface area (Å²) >= 11 is 0. The van der Waals surface area contributed by atoms with Crippen molar-refractivity contribution >= 4 is 12.1 Å². The molecule has 2 rings (SSSR count). The van der Waals surface area contributed by atoms with Gasteiger partial charge < -0.3 is 24.6 Å². The highest BCUT2D eigenvalue weighted by atomic mass is 16.6. The van der Waals surface area contributed by atoms with Gasteiger partial charge in [0, 0.05) is 32.7 Å². The van der Waals surface area contributed by atoms with Gasteiger partial charge in [0.15, 0.2) is 0 Å². The lowest BCUT2D eigenvalue weighted by Crippen LogP contribution is -2.53. The maximum Gasteiger partial charge on any atom is 0.409 e. The van der Waals surface area contributed by atoms with Gasteiger partial charge in [0.05, 0.1) is 13.2 Å². The molecule has 0 bridgehead atoms. The van der Waals surface area contributed by atoms with Crippen molar-refractivity contribution < 1.29 is 19.1 Å². The monoisotopic (exact) mass is 391 g/mol. The Kier molecular flexibility index (Phi) is 7.96. The molecule has 1 heterocycles. The predicted octanol–water partition coefficient (Wildman–Crippen LogP) is 3.24. The summed E-state index contributed by atoms with van der Waals surface area (Å²) in [7, 11) is 0. The lowest BCUT2D eigenvalue weighted by molar-refractivity contribution is 0.0851. The van der Waals surface area contributed by atoms with E-state index in [1.54, 1.807) is 16.7 Å². The van der Waals surface area contributed by atoms with E-state index in [2.05, 4.69) is 38.2 Å². The number of ether oxygens (including phenoxy) is 2. The van der Waals surface area contributed by atoms with Crippen molar-refractivity contribution in [3.05, 3.63) is 29.8 Å². The number of rotatable bonds is 6. The summed E-state index contributed by atoms with van der Waals surface area (Å²) in [5.74, 6) is 0.842. The molecule has 1 fully saturated rings. The second kappa shape index (κ2) is 10.2. The number of hydrogen-bond donors (Lipinski definition) is 1. The number of urea groups is 1. The molecule has 1 N–H and O–H groups in total. The Morgan fingerprint density at radius 3 is 2.21 bits per heavy atom. The van der Waals surface area contributed by atoms with Gasteiger partial charge in [-0.1, -0.05) is 32.9 Å². The molecule has 0 unspecified atom stereocenters. The Hall–Kier alpha value is -2.44. The standard InChI is InChI=1S/C21H33N3O4/c1-5-27-20(26)24-14-12-23(13-15-24)19(25)22-11-6-16-28-18-9-7-17(8-10-18)21(2,3)4/h7-10H,5-6,11-16H2,1-4H3,(H,22,25). The van der Waals surface area contributed by atoms with Crippen molar-refractivity contribution in [1.29, 1.82) is 0 Å². The van der Waals surface area contributed by atoms with Crippen LogP contribution >= 0.6 is 0 Å². The van der Waals surface area contributed by atoms with Gasteiger partial charge in [-0.3, -0.25) is 0 Å². The Labute approximate surface area is 168 Å². The number of carbonyl (C=O) groups is 2. The van der Waals surface area contributed by atoms with E-state index in [1.807, 2.05) is 12.1 Å². The lowest BCUT2D eigenvalue weighted by atomic mass is 9.87. The number of carbonyl (C=O) groups excluding carboxylic acids is 2. The molecule has 156 valence electrons. The number of piperazine rings is 1. The first-order chi connectivity index (χ1) is 13.3. The summed E-state index contributed by atoms with van der Waals surface area (Å²) in [5, 5.41) is 2.91. The molecular formula is C21H33N3O4. The molecule has 3 amide bonds. The fourth-order valence-corrected chi connectivity index (χ4v) is 2.93. The van der Waals surface area contributed by atoms with Crippen molar-refractivity contribution in [2.75, 3.05) is 45.9 Å². The quantitative estimate of drug-likeness (QED) is 0.756. The van der Waals surface area contributed by atoms with E-state index in [4.69, 9.17) is 9.47 Å². The van der Waals surface area contributed by atoms with Crippen LogP contribution in [0.25, 0.3) is 0 Å². The van der Waals surface area contributed by atoms with E-state index in [-0.39, 0.29) is 17.5 Å². The van der Waals surface area contributed by atoms with Gasteiger partial charge in [-0.25, -0.2) is 9.59 Å². The number of nitrogens with zero attached hydrogens (tertiary/aromatic N) is 2. The summed E-state index contributed by atoms with van der Waals surface area (Å²) in [5.41, 5.74) is 1.40. The zero-order valence-electron chi connectivity index (χ0n) is 17.5. The van der Waals surface area contributed by atoms with Crippen molar-refractivity contribution in [3.63, 3.8) is 0 Å². The zero-order valence-corrected chi connectivity index (χ0v) is 17.5. The summed E-state index contributed by atoms with van der Waals surface area (Å²) in [6.07, 6.45) is 0.422. The molecule has 0 atom stereocenters. The topological polar surface area (TPSA) is 71.1 Å². The largest absolute Gasteiger partial charge is 0.494 e. The zero-order chi connectivity index (χ0) is 20.6. The molecule has 1 aliphatic heterocycles. The fraction of sp³-hybridized carbons (Fsp3) is 0.619. The average molecular weight is 392 g/mol. The molecule has 0 saturated carbocycles. The first-order valence-corrected chi connectivity index (χ1v) is 9.99. The molecule has 28 heavy (non-hydrogen) atoms. The summed E-state index contributed by atoms with van der Waals surface area (Å²) < 4.78 is 10.7. The van der Waals surface area contributed by atoms with Crippen LogP contribution in [0.1, 0.15) is 39.7 Å². The van der Waals surface area contributed by atoms with Crippen LogP contribution in [0, 0.1) is 0 Å². The fourth-order valence-electron chi connectivity index (χ4n) is 2.93. The number of hydrogen-bond acceptors (Lipinski definition) is 4. The van der Waals surface area contributed by atoms with E-state index in [0.29, 0.717) is 45.9 Å². The van der Waals surface area contributed by atoms with Gasteiger partial charge in [-0.05, 0) is 36.5 Å². The highest BCUT2D eigenvalue weighted by Gasteiger charge is 2.24. The van der Waals surface area contributed by atoms with Gasteiger partial charge in [-0.15, -0.1) is 0 Å². The summed E-state index contributed by atoms with van der Waals surface area (Å²) in [6.45, 7) is 11.8. The van der Waals surface area contributed by atoms with E-state index >= 15 is 0 Å². The number of benzene rings is 1. The maximum atomic E-state index is 12.2. The Morgan fingerprint density at radius 1 is 1.04 bits per heavy atom. The Morgan fingerprint density at radius 2 is 1.64 bits per heavy atom. The van der Waals surface area contributed by atoms with Crippen LogP contribution in [0.2, 0.25) is 0 Å². The third kappa shape index (κ3) is 6.62. The molecule has 1 saturated heterocycles. The normalized spacial score (nSPS) is 14.6. The van der Waals surface area contributed by atoms with E-state index in [1.165, 1.54) is 5.56 Å². The van der Waals surface area contributed by atoms with E-state index in [0.717, 1.165) is 12.2 Å². The van der Waals surface area contributed by atoms with Crippen LogP contribution in [-0.4, -0.2) is 67.9 Å². The second-order valence-corrected chi connectivity index (χ2v) is 7.88. The van der Waals surface area contributed by atoms with Gasteiger partial charge in [0.2, 0.25) is 0 Å². The third-order valence-electron chi connectivity index (χ3n) is 4.68. The van der Waals surface area contributed by atoms with Crippen LogP contribution in [0.3, 0.4) is 0 Å². The van der Waals surface area contributed by atoms with Crippen LogP contribution in [0.15, 0.2) is 24.3 Å². The molecule has 1 aliphatic rings. The lowest BCUT2D eigenvalue weighted by Gasteiger charge is -2.34. The molecule has 0 radical (unpaired) electrons. The maximum absolute atomic E-state index is 12.2. The Bertz CT molecular complexity index is 632. The van der Waals surface area contributed by atoms with Gasteiger partial charge in [0.1, 0.15) is 5.75 Å². The average Bonchev–Trinajstić information content (AvgIpc) is 2.67. The number of amides is 3. The predicted molar refractivity (Wildman–Crippen MR) is 109 cm³/mol. The summed E-state index contributed by atoms with van der Waals surface area (Å²) in [4.78, 5) is 27.2. The minimum Gasteiger partial charge on any atom is -0.494 e. The molecule has 0 aromatic heterocycles. The molecule has 0 aliphatic carbocycles. The smallest absolute Gasteiger partial charge is 0.409 e. The molecular weight excluding hydrogens is 358 g/mol. The molecule has 0 spiro atoms. The number of nitrogens with one attached hydrogen (secondary N) is 1. The molecule has 7 nitrogen and oxygen atoms in total. The van der Waals surface area contributed by atoms with Crippen molar-refractivity contribution in [3.8, 4) is 5.75 Å². The minimum atomic E-state index is -0.310. The van der Waals surface area contributed by atoms with Crippen molar-refractivity contribution in [2.45, 2.75) is 39.5 Å². The van der Waals surface area contributed by atoms with Crippen molar-refractivity contribution in [2.24, 2.45) is 0 Å². The summed E-state index contributed by atoms with van der Waals surface area (Å²) in [6, 6.07) is 8.06. The third-order valence-corrected chi connectivity index (χ3v) is 4.68. The van der Waals surface area contributed by atoms with Crippen LogP contribution in [-0.2, 0) is 10.2 Å². The second-order valence-electron chi connectivity index (χ2n) is 7.88. The minimum absolute atomic E-state index is 0.0990. The van der Waals surface area contributed by atoms with Crippen LogP contribution in [0.5, 0.6) is 5.75 Å². The molecule has 7 heteroatoms. The highest BCUT2D eigenvalue weighted by molar-refractivity contribution is 5.75. The van der Waals surface area contributed by atoms with Crippen LogP contribution in [0.4, 0.5) is 9.59 Å². The first-order valence-electron chi connectivity index (χ1n) is 9.99. The highest BCUT2D eigenvalue weighted by Crippen LogP contribution is 2.24. The SMILES string of the molecule is CCOC(=O)N1CCN(C(=O)NCCCOc2ccc(C(C)(C)C)cc2)CC1. The van der Waals surface area contributed by atoms with E-state index < -0.39 is 0 Å². The van der Waals surface area contributed by atoms with Gasteiger partial charge >= 0.3 is 12.1 Å². The van der Waals surface area contributed by atoms with Gasteiger partial charge in [-0.2, -0.15) is 0 Å². The van der Waals surface area contributed by atoms with E-state index in [9.17, 15) is 9.59 Å². The molecule has 1 aromatic rings. The molecule has 1 aromatic carbocycles. The first kappa shape index (κ1) is 21.9. The Balaban J connectivity index is 1.61.